The average molecular weight is 406 g/mol. The fraction of sp³-hybridized carbons (Fsp3) is 0.300. The summed E-state index contributed by atoms with van der Waals surface area (Å²) in [5.41, 5.74) is 8.11. The molecule has 0 spiro atoms. The average Bonchev–Trinajstić information content (AvgIpc) is 3.10. The van der Waals surface area contributed by atoms with E-state index in [9.17, 15) is 18.0 Å². The first-order valence-corrected chi connectivity index (χ1v) is 9.08. The topological polar surface area (TPSA) is 80.0 Å². The second-order valence-electron chi connectivity index (χ2n) is 6.56. The molecule has 3 rings (SSSR count). The highest BCUT2D eigenvalue weighted by molar-refractivity contribution is 5.93. The van der Waals surface area contributed by atoms with Crippen molar-refractivity contribution >= 4 is 17.6 Å². The Morgan fingerprint density at radius 1 is 1.10 bits per heavy atom. The van der Waals surface area contributed by atoms with Crippen LogP contribution in [0.4, 0.5) is 18.9 Å². The Hall–Kier alpha value is -3.23. The molecule has 1 aliphatic rings. The van der Waals surface area contributed by atoms with Gasteiger partial charge in [-0.2, -0.15) is 0 Å². The highest BCUT2D eigenvalue weighted by Gasteiger charge is 2.32. The van der Waals surface area contributed by atoms with Crippen LogP contribution in [0.2, 0.25) is 0 Å². The number of rotatable bonds is 6. The van der Waals surface area contributed by atoms with Crippen LogP contribution in [-0.4, -0.2) is 29.7 Å². The van der Waals surface area contributed by atoms with Gasteiger partial charge in [-0.15, -0.1) is 13.2 Å². The predicted molar refractivity (Wildman–Crippen MR) is 103 cm³/mol. The number of hydrogen-bond donors (Lipinski definition) is 2. The van der Waals surface area contributed by atoms with Crippen LogP contribution in [0.5, 0.6) is 5.75 Å². The van der Waals surface area contributed by atoms with E-state index in [2.05, 4.69) is 15.0 Å². The van der Waals surface area contributed by atoms with Gasteiger partial charge in [-0.25, -0.2) is 0 Å². The van der Waals surface area contributed by atoms with E-state index < -0.39 is 12.1 Å². The first-order chi connectivity index (χ1) is 13.8. The number of carbonyl (C=O) groups excluding carboxylic acids is 1. The van der Waals surface area contributed by atoms with Crippen LogP contribution in [0, 0.1) is 0 Å². The molecule has 0 unspecified atom stereocenters. The van der Waals surface area contributed by atoms with Gasteiger partial charge in [-0.1, -0.05) is 36.4 Å². The van der Waals surface area contributed by atoms with Crippen molar-refractivity contribution in [3.05, 3.63) is 59.7 Å². The molecule has 0 aromatic heterocycles. The quantitative estimate of drug-likeness (QED) is 0.436. The molecule has 1 heterocycles. The van der Waals surface area contributed by atoms with E-state index in [1.165, 1.54) is 18.2 Å². The molecule has 1 aliphatic heterocycles. The Labute approximate surface area is 166 Å². The molecule has 2 aromatic carbocycles. The SMILES string of the molecule is NC(=NCCCC(=O)N1Cc2ccccc2C1)Nc1ccccc1OC(F)(F)F. The highest BCUT2D eigenvalue weighted by atomic mass is 19.4. The second-order valence-corrected chi connectivity index (χ2v) is 6.56. The standard InChI is InChI=1S/C20H21F3N4O2/c21-20(22,23)29-17-9-4-3-8-16(17)26-19(24)25-11-5-10-18(28)27-12-14-6-1-2-7-15(14)13-27/h1-4,6-9H,5,10-13H2,(H3,24,25,26). The molecule has 6 nitrogen and oxygen atoms in total. The number of para-hydroxylation sites is 2. The van der Waals surface area contributed by atoms with Gasteiger partial charge in [0.25, 0.3) is 0 Å². The van der Waals surface area contributed by atoms with E-state index in [4.69, 9.17) is 5.73 Å². The minimum Gasteiger partial charge on any atom is -0.404 e. The molecule has 0 saturated heterocycles. The monoisotopic (exact) mass is 406 g/mol. The van der Waals surface area contributed by atoms with Crippen molar-refractivity contribution in [1.82, 2.24) is 4.90 Å². The molecule has 1 amide bonds. The molecule has 9 heteroatoms. The molecule has 0 aliphatic carbocycles. The number of nitrogens with zero attached hydrogens (tertiary/aromatic N) is 2. The molecule has 2 aromatic rings. The van der Waals surface area contributed by atoms with Crippen molar-refractivity contribution in [1.29, 1.82) is 0 Å². The largest absolute Gasteiger partial charge is 0.573 e. The summed E-state index contributed by atoms with van der Waals surface area (Å²) in [4.78, 5) is 18.2. The summed E-state index contributed by atoms with van der Waals surface area (Å²) in [5, 5.41) is 2.60. The third-order valence-electron chi connectivity index (χ3n) is 4.40. The van der Waals surface area contributed by atoms with Crippen molar-refractivity contribution in [3.63, 3.8) is 0 Å². The molecule has 29 heavy (non-hydrogen) atoms. The predicted octanol–water partition coefficient (Wildman–Crippen LogP) is 3.63. The zero-order valence-electron chi connectivity index (χ0n) is 15.6. The van der Waals surface area contributed by atoms with Gasteiger partial charge in [0.1, 0.15) is 0 Å². The zero-order chi connectivity index (χ0) is 20.9. The lowest BCUT2D eigenvalue weighted by atomic mass is 10.1. The summed E-state index contributed by atoms with van der Waals surface area (Å²) in [6.45, 7) is 1.49. The van der Waals surface area contributed by atoms with Crippen LogP contribution >= 0.6 is 0 Å². The van der Waals surface area contributed by atoms with Crippen molar-refractivity contribution in [2.45, 2.75) is 32.3 Å². The van der Waals surface area contributed by atoms with Crippen LogP contribution in [0.1, 0.15) is 24.0 Å². The van der Waals surface area contributed by atoms with Gasteiger partial charge in [0, 0.05) is 26.1 Å². The number of anilines is 1. The van der Waals surface area contributed by atoms with Crippen molar-refractivity contribution < 1.29 is 22.7 Å². The number of guanidine groups is 1. The van der Waals surface area contributed by atoms with Crippen molar-refractivity contribution in [2.24, 2.45) is 10.7 Å². The lowest BCUT2D eigenvalue weighted by Crippen LogP contribution is -2.26. The maximum atomic E-state index is 12.5. The molecular formula is C20H21F3N4O2. The minimum atomic E-state index is -4.81. The number of aliphatic imine (C=N–C) groups is 1. The number of ether oxygens (including phenoxy) is 1. The molecule has 0 radical (unpaired) electrons. The van der Waals surface area contributed by atoms with E-state index in [1.807, 2.05) is 24.3 Å². The summed E-state index contributed by atoms with van der Waals surface area (Å²) in [5.74, 6) is -0.418. The van der Waals surface area contributed by atoms with Gasteiger partial charge in [0.2, 0.25) is 5.91 Å². The number of halogens is 3. The maximum Gasteiger partial charge on any atom is 0.573 e. The molecule has 3 N–H and O–H groups in total. The summed E-state index contributed by atoms with van der Waals surface area (Å²) >= 11 is 0. The Balaban J connectivity index is 1.46. The van der Waals surface area contributed by atoms with Gasteiger partial charge in [0.05, 0.1) is 5.69 Å². The third kappa shape index (κ3) is 5.87. The summed E-state index contributed by atoms with van der Waals surface area (Å²) in [7, 11) is 0. The first kappa shape index (κ1) is 20.5. The number of nitrogens with one attached hydrogen (secondary N) is 1. The maximum absolute atomic E-state index is 12.5. The summed E-state index contributed by atoms with van der Waals surface area (Å²) < 4.78 is 41.3. The van der Waals surface area contributed by atoms with Crippen LogP contribution < -0.4 is 15.8 Å². The summed E-state index contributed by atoms with van der Waals surface area (Å²) in [6.07, 6.45) is -4.01. The molecule has 154 valence electrons. The fourth-order valence-corrected chi connectivity index (χ4v) is 3.06. The Morgan fingerprint density at radius 3 is 2.38 bits per heavy atom. The lowest BCUT2D eigenvalue weighted by molar-refractivity contribution is -0.274. The van der Waals surface area contributed by atoms with E-state index in [1.54, 1.807) is 11.0 Å². The smallest absolute Gasteiger partial charge is 0.404 e. The third-order valence-corrected chi connectivity index (χ3v) is 4.40. The Morgan fingerprint density at radius 2 is 1.72 bits per heavy atom. The minimum absolute atomic E-state index is 0.0341. The van der Waals surface area contributed by atoms with Crippen LogP contribution in [0.15, 0.2) is 53.5 Å². The molecule has 0 atom stereocenters. The number of fused-ring (bicyclic) bond motifs is 1. The van der Waals surface area contributed by atoms with Gasteiger partial charge in [-0.3, -0.25) is 9.79 Å². The number of benzene rings is 2. The number of amides is 1. The van der Waals surface area contributed by atoms with Crippen molar-refractivity contribution in [3.8, 4) is 5.75 Å². The number of nitrogens with two attached hydrogens (primary N) is 1. The first-order valence-electron chi connectivity index (χ1n) is 9.08. The highest BCUT2D eigenvalue weighted by Crippen LogP contribution is 2.29. The van der Waals surface area contributed by atoms with Gasteiger partial charge >= 0.3 is 6.36 Å². The normalized spacial score (nSPS) is 13.9. The number of alkyl halides is 3. The van der Waals surface area contributed by atoms with Crippen LogP contribution in [-0.2, 0) is 17.9 Å². The zero-order valence-corrected chi connectivity index (χ0v) is 15.6. The van der Waals surface area contributed by atoms with E-state index >= 15 is 0 Å². The molecule has 0 fully saturated rings. The lowest BCUT2D eigenvalue weighted by Gasteiger charge is -2.15. The molecule has 0 saturated carbocycles. The number of hydrogen-bond acceptors (Lipinski definition) is 3. The van der Waals surface area contributed by atoms with E-state index in [-0.39, 0.29) is 24.1 Å². The van der Waals surface area contributed by atoms with E-state index in [0.717, 1.165) is 11.1 Å². The van der Waals surface area contributed by atoms with E-state index in [0.29, 0.717) is 25.9 Å². The van der Waals surface area contributed by atoms with Crippen LogP contribution in [0.25, 0.3) is 0 Å². The molecule has 0 bridgehead atoms. The number of carbonyl (C=O) groups is 1. The van der Waals surface area contributed by atoms with Gasteiger partial charge in [-0.05, 0) is 29.7 Å². The van der Waals surface area contributed by atoms with Gasteiger partial charge < -0.3 is 20.7 Å². The van der Waals surface area contributed by atoms with Crippen molar-refractivity contribution in [2.75, 3.05) is 11.9 Å². The second kappa shape index (κ2) is 8.85. The Bertz CT molecular complexity index is 874. The molecular weight excluding hydrogens is 385 g/mol. The Kier molecular flexibility index (Phi) is 6.26. The fourth-order valence-electron chi connectivity index (χ4n) is 3.06. The van der Waals surface area contributed by atoms with Crippen LogP contribution in [0.3, 0.4) is 0 Å². The summed E-state index contributed by atoms with van der Waals surface area (Å²) in [6, 6.07) is 13.5. The van der Waals surface area contributed by atoms with Gasteiger partial charge in [0.15, 0.2) is 11.7 Å².